The van der Waals surface area contributed by atoms with Crippen LogP contribution in [0.3, 0.4) is 0 Å². The number of primary amides is 1. The van der Waals surface area contributed by atoms with Gasteiger partial charge in [0.25, 0.3) is 0 Å². The van der Waals surface area contributed by atoms with E-state index < -0.39 is 0 Å². The minimum absolute atomic E-state index is 0.166. The lowest BCUT2D eigenvalue weighted by Crippen LogP contribution is -2.37. The van der Waals surface area contributed by atoms with Gasteiger partial charge in [0.15, 0.2) is 0 Å². The van der Waals surface area contributed by atoms with Crippen LogP contribution in [0, 0.1) is 10.8 Å². The van der Waals surface area contributed by atoms with Crippen molar-refractivity contribution in [2.24, 2.45) is 16.6 Å². The summed E-state index contributed by atoms with van der Waals surface area (Å²) < 4.78 is 0. The molecule has 0 bridgehead atoms. The van der Waals surface area contributed by atoms with Crippen molar-refractivity contribution in [1.29, 1.82) is 0 Å². The average Bonchev–Trinajstić information content (AvgIpc) is 1.83. The van der Waals surface area contributed by atoms with Crippen LogP contribution >= 0.6 is 0 Å². The largest absolute Gasteiger partial charge is 0.369 e. The molecule has 2 heteroatoms. The Morgan fingerprint density at radius 2 is 1.67 bits per heavy atom. The summed E-state index contributed by atoms with van der Waals surface area (Å²) >= 11 is 0. The minimum atomic E-state index is -0.335. The van der Waals surface area contributed by atoms with Gasteiger partial charge in [-0.3, -0.25) is 4.79 Å². The molecule has 2 nitrogen and oxygen atoms in total. The summed E-state index contributed by atoms with van der Waals surface area (Å²) in [6.45, 7) is 10.3. The van der Waals surface area contributed by atoms with Crippen LogP contribution in [-0.4, -0.2) is 5.91 Å². The summed E-state index contributed by atoms with van der Waals surface area (Å²) in [5, 5.41) is 0. The van der Waals surface area contributed by atoms with Crippen LogP contribution in [0.4, 0.5) is 0 Å². The van der Waals surface area contributed by atoms with E-state index >= 15 is 0 Å². The van der Waals surface area contributed by atoms with Crippen molar-refractivity contribution in [3.8, 4) is 0 Å². The first kappa shape index (κ1) is 11.5. The lowest BCUT2D eigenvalue weighted by atomic mass is 9.73. The predicted octanol–water partition coefficient (Wildman–Crippen LogP) is 2.32. The van der Waals surface area contributed by atoms with Gasteiger partial charge < -0.3 is 5.73 Å². The molecule has 0 aromatic rings. The van der Waals surface area contributed by atoms with E-state index in [0.29, 0.717) is 0 Å². The number of carbonyl (C=O) groups is 1. The van der Waals surface area contributed by atoms with Crippen molar-refractivity contribution in [3.05, 3.63) is 0 Å². The second-order valence-corrected chi connectivity index (χ2v) is 5.02. The molecule has 2 N–H and O–H groups in total. The first-order valence-corrected chi connectivity index (χ1v) is 4.51. The molecule has 12 heavy (non-hydrogen) atoms. The van der Waals surface area contributed by atoms with Crippen LogP contribution < -0.4 is 5.73 Å². The fourth-order valence-electron chi connectivity index (χ4n) is 1.56. The minimum Gasteiger partial charge on any atom is -0.369 e. The lowest BCUT2D eigenvalue weighted by Gasteiger charge is -2.31. The lowest BCUT2D eigenvalue weighted by molar-refractivity contribution is -0.128. The second-order valence-electron chi connectivity index (χ2n) is 5.02. The number of hydrogen-bond acceptors (Lipinski definition) is 1. The van der Waals surface area contributed by atoms with Gasteiger partial charge in [-0.15, -0.1) is 0 Å². The van der Waals surface area contributed by atoms with Crippen molar-refractivity contribution in [2.45, 2.75) is 47.5 Å². The van der Waals surface area contributed by atoms with Crippen LogP contribution in [0.2, 0.25) is 0 Å². The monoisotopic (exact) mass is 171 g/mol. The predicted molar refractivity (Wildman–Crippen MR) is 51.7 cm³/mol. The average molecular weight is 171 g/mol. The number of nitrogens with two attached hydrogens (primary N) is 1. The highest BCUT2D eigenvalue weighted by molar-refractivity contribution is 5.80. The zero-order chi connectivity index (χ0) is 9.99. The van der Waals surface area contributed by atoms with Crippen molar-refractivity contribution < 1.29 is 4.79 Å². The highest BCUT2D eigenvalue weighted by atomic mass is 16.1. The first-order valence-electron chi connectivity index (χ1n) is 4.51. The van der Waals surface area contributed by atoms with Gasteiger partial charge in [0, 0.05) is 5.41 Å². The maximum absolute atomic E-state index is 11.2. The van der Waals surface area contributed by atoms with Gasteiger partial charge in [-0.2, -0.15) is 0 Å². The zero-order valence-electron chi connectivity index (χ0n) is 8.90. The number of carbonyl (C=O) groups excluding carboxylic acids is 1. The molecule has 1 atom stereocenters. The molecule has 0 aliphatic rings. The Labute approximate surface area is 75.5 Å². The van der Waals surface area contributed by atoms with Gasteiger partial charge in [-0.25, -0.2) is 0 Å². The summed E-state index contributed by atoms with van der Waals surface area (Å²) in [7, 11) is 0. The summed E-state index contributed by atoms with van der Waals surface area (Å²) in [5.74, 6) is -0.181. The Hall–Kier alpha value is -0.530. The zero-order valence-corrected chi connectivity index (χ0v) is 8.90. The fourth-order valence-corrected chi connectivity index (χ4v) is 1.56. The summed E-state index contributed by atoms with van der Waals surface area (Å²) in [6, 6.07) is 0. The van der Waals surface area contributed by atoms with Crippen LogP contribution in [0.1, 0.15) is 47.5 Å². The van der Waals surface area contributed by atoms with E-state index in [4.69, 9.17) is 5.73 Å². The number of hydrogen-bond donors (Lipinski definition) is 1. The molecule has 0 radical (unpaired) electrons. The third kappa shape index (κ3) is 3.24. The summed E-state index contributed by atoms with van der Waals surface area (Å²) in [6.07, 6.45) is 1.67. The quantitative estimate of drug-likeness (QED) is 0.695. The van der Waals surface area contributed by atoms with E-state index in [9.17, 15) is 4.79 Å². The van der Waals surface area contributed by atoms with Gasteiger partial charge in [0.2, 0.25) is 5.91 Å². The first-order chi connectivity index (χ1) is 5.21. The van der Waals surface area contributed by atoms with Crippen molar-refractivity contribution in [2.75, 3.05) is 0 Å². The maximum atomic E-state index is 11.2. The molecule has 0 aromatic carbocycles. The number of amides is 1. The van der Waals surface area contributed by atoms with Gasteiger partial charge in [0.05, 0.1) is 0 Å². The molecule has 0 saturated heterocycles. The van der Waals surface area contributed by atoms with Crippen molar-refractivity contribution >= 4 is 5.91 Å². The molecular formula is C10H21NO. The molecule has 0 aliphatic heterocycles. The Bertz CT molecular complexity index is 169. The van der Waals surface area contributed by atoms with E-state index in [0.717, 1.165) is 12.8 Å². The molecule has 0 aliphatic carbocycles. The molecule has 0 fully saturated rings. The van der Waals surface area contributed by atoms with E-state index in [1.54, 1.807) is 0 Å². The SMILES string of the molecule is CCC(C)(CC(C)(C)C)C(N)=O. The maximum Gasteiger partial charge on any atom is 0.223 e. The second kappa shape index (κ2) is 3.46. The molecule has 0 heterocycles. The van der Waals surface area contributed by atoms with E-state index in [1.807, 2.05) is 13.8 Å². The highest BCUT2D eigenvalue weighted by Crippen LogP contribution is 2.35. The standard InChI is InChI=1S/C10H21NO/c1-6-10(5,8(11)12)7-9(2,3)4/h6-7H2,1-5H3,(H2,11,12). The highest BCUT2D eigenvalue weighted by Gasteiger charge is 2.33. The van der Waals surface area contributed by atoms with Crippen molar-refractivity contribution in [1.82, 2.24) is 0 Å². The van der Waals surface area contributed by atoms with Crippen LogP contribution in [0.15, 0.2) is 0 Å². The number of rotatable bonds is 3. The third-order valence-corrected chi connectivity index (χ3v) is 2.30. The summed E-state index contributed by atoms with van der Waals surface area (Å²) in [5.41, 5.74) is 5.18. The molecular weight excluding hydrogens is 150 g/mol. The Morgan fingerprint density at radius 1 is 1.25 bits per heavy atom. The van der Waals surface area contributed by atoms with Gasteiger partial charge >= 0.3 is 0 Å². The molecule has 1 amide bonds. The molecule has 0 spiro atoms. The molecule has 0 saturated carbocycles. The fraction of sp³-hybridized carbons (Fsp3) is 0.900. The Morgan fingerprint density at radius 3 is 1.75 bits per heavy atom. The van der Waals surface area contributed by atoms with Crippen molar-refractivity contribution in [3.63, 3.8) is 0 Å². The summed E-state index contributed by atoms with van der Waals surface area (Å²) in [4.78, 5) is 11.2. The Kier molecular flexibility index (Phi) is 3.31. The Balaban J connectivity index is 4.46. The van der Waals surface area contributed by atoms with Gasteiger partial charge in [0.1, 0.15) is 0 Å². The third-order valence-electron chi connectivity index (χ3n) is 2.30. The van der Waals surface area contributed by atoms with Crippen LogP contribution in [0.25, 0.3) is 0 Å². The smallest absolute Gasteiger partial charge is 0.223 e. The van der Waals surface area contributed by atoms with Gasteiger partial charge in [-0.1, -0.05) is 34.6 Å². The van der Waals surface area contributed by atoms with E-state index in [1.165, 1.54) is 0 Å². The molecule has 1 unspecified atom stereocenters. The van der Waals surface area contributed by atoms with E-state index in [-0.39, 0.29) is 16.7 Å². The normalized spacial score (nSPS) is 17.1. The topological polar surface area (TPSA) is 43.1 Å². The van der Waals surface area contributed by atoms with E-state index in [2.05, 4.69) is 20.8 Å². The van der Waals surface area contributed by atoms with Crippen LogP contribution in [-0.2, 0) is 4.79 Å². The van der Waals surface area contributed by atoms with Gasteiger partial charge in [-0.05, 0) is 18.3 Å². The molecule has 0 rings (SSSR count). The molecule has 0 aromatic heterocycles. The molecule has 72 valence electrons. The van der Waals surface area contributed by atoms with Crippen LogP contribution in [0.5, 0.6) is 0 Å².